The van der Waals surface area contributed by atoms with Gasteiger partial charge in [0.1, 0.15) is 5.69 Å². The second-order valence-corrected chi connectivity index (χ2v) is 9.37. The van der Waals surface area contributed by atoms with Gasteiger partial charge in [0.15, 0.2) is 0 Å². The third-order valence-electron chi connectivity index (χ3n) is 5.66. The predicted octanol–water partition coefficient (Wildman–Crippen LogP) is 2.26. The Balaban J connectivity index is 1.62. The fourth-order valence-corrected chi connectivity index (χ4v) is 4.16. The lowest BCUT2D eigenvalue weighted by molar-refractivity contribution is -0.384. The first-order valence-corrected chi connectivity index (χ1v) is 11.0. The van der Waals surface area contributed by atoms with Crippen molar-refractivity contribution in [3.8, 4) is 0 Å². The van der Waals surface area contributed by atoms with Gasteiger partial charge in [0, 0.05) is 56.4 Å². The van der Waals surface area contributed by atoms with Gasteiger partial charge >= 0.3 is 0 Å². The molecule has 31 heavy (non-hydrogen) atoms. The van der Waals surface area contributed by atoms with Crippen LogP contribution in [0.3, 0.4) is 0 Å². The molecule has 2 heterocycles. The second-order valence-electron chi connectivity index (χ2n) is 9.37. The molecule has 2 amide bonds. The number of hydrogen-bond acceptors (Lipinski definition) is 6. The standard InChI is InChI=1S/C22H33N5O4/c1-22(2,3)23-20(28)16-24-11-13-26(14-12-24)21(29)17-7-8-18(19(15-17)27(30)31)25-9-5-4-6-10-25/h7-8,15H,4-6,9-14,16H2,1-3H3,(H,23,28). The zero-order chi connectivity index (χ0) is 22.6. The van der Waals surface area contributed by atoms with E-state index in [0.29, 0.717) is 44.0 Å². The lowest BCUT2D eigenvalue weighted by atomic mass is 10.1. The highest BCUT2D eigenvalue weighted by molar-refractivity contribution is 5.96. The molecule has 1 aromatic rings. The van der Waals surface area contributed by atoms with Gasteiger partial charge in [-0.2, -0.15) is 0 Å². The van der Waals surface area contributed by atoms with E-state index in [1.165, 1.54) is 6.07 Å². The molecule has 2 saturated heterocycles. The Kier molecular flexibility index (Phi) is 7.15. The molecule has 0 bridgehead atoms. The molecule has 0 spiro atoms. The van der Waals surface area contributed by atoms with Gasteiger partial charge in [0.05, 0.1) is 11.5 Å². The van der Waals surface area contributed by atoms with Crippen LogP contribution in [0.25, 0.3) is 0 Å². The van der Waals surface area contributed by atoms with E-state index in [-0.39, 0.29) is 23.0 Å². The number of hydrogen-bond donors (Lipinski definition) is 1. The molecule has 1 aromatic carbocycles. The summed E-state index contributed by atoms with van der Waals surface area (Å²) in [6.45, 7) is 9.90. The summed E-state index contributed by atoms with van der Waals surface area (Å²) in [5.74, 6) is -0.233. The van der Waals surface area contributed by atoms with Crippen LogP contribution in [0.4, 0.5) is 11.4 Å². The first-order chi connectivity index (χ1) is 14.6. The Morgan fingerprint density at radius 3 is 2.26 bits per heavy atom. The smallest absolute Gasteiger partial charge is 0.293 e. The summed E-state index contributed by atoms with van der Waals surface area (Å²) in [6, 6.07) is 4.82. The lowest BCUT2D eigenvalue weighted by Crippen LogP contribution is -2.52. The van der Waals surface area contributed by atoms with E-state index in [0.717, 1.165) is 32.4 Å². The van der Waals surface area contributed by atoms with Gasteiger partial charge in [-0.1, -0.05) is 0 Å². The maximum absolute atomic E-state index is 13.0. The van der Waals surface area contributed by atoms with Gasteiger partial charge in [-0.05, 0) is 52.2 Å². The zero-order valence-corrected chi connectivity index (χ0v) is 18.7. The second kappa shape index (κ2) is 9.64. The first-order valence-electron chi connectivity index (χ1n) is 11.0. The number of nitro groups is 1. The Morgan fingerprint density at radius 1 is 1.03 bits per heavy atom. The van der Waals surface area contributed by atoms with Crippen LogP contribution in [0.2, 0.25) is 0 Å². The fraction of sp³-hybridized carbons (Fsp3) is 0.636. The van der Waals surface area contributed by atoms with Gasteiger partial charge in [-0.3, -0.25) is 24.6 Å². The van der Waals surface area contributed by atoms with Crippen molar-refractivity contribution in [2.24, 2.45) is 0 Å². The van der Waals surface area contributed by atoms with Gasteiger partial charge in [-0.15, -0.1) is 0 Å². The number of nitrogens with zero attached hydrogens (tertiary/aromatic N) is 4. The SMILES string of the molecule is CC(C)(C)NC(=O)CN1CCN(C(=O)c2ccc(N3CCCCC3)c([N+](=O)[O-])c2)CC1. The van der Waals surface area contributed by atoms with Gasteiger partial charge in [0.25, 0.3) is 11.6 Å². The van der Waals surface area contributed by atoms with E-state index in [2.05, 4.69) is 5.32 Å². The number of rotatable bonds is 5. The Bertz CT molecular complexity index is 822. The molecule has 9 heteroatoms. The number of nitro benzene ring substituents is 1. The van der Waals surface area contributed by atoms with E-state index < -0.39 is 4.92 Å². The highest BCUT2D eigenvalue weighted by atomic mass is 16.6. The molecule has 170 valence electrons. The number of nitrogens with one attached hydrogen (secondary N) is 1. The topological polar surface area (TPSA) is 99.0 Å². The van der Waals surface area contributed by atoms with Crippen molar-refractivity contribution in [3.05, 3.63) is 33.9 Å². The molecule has 0 saturated carbocycles. The van der Waals surface area contributed by atoms with Crippen molar-refractivity contribution in [2.75, 3.05) is 50.7 Å². The van der Waals surface area contributed by atoms with Crippen LogP contribution in [0.5, 0.6) is 0 Å². The minimum atomic E-state index is -0.396. The first kappa shape index (κ1) is 23.0. The van der Waals surface area contributed by atoms with Crippen molar-refractivity contribution in [3.63, 3.8) is 0 Å². The van der Waals surface area contributed by atoms with E-state index in [1.807, 2.05) is 30.6 Å². The normalized spacial score (nSPS) is 18.0. The molecular weight excluding hydrogens is 398 g/mol. The maximum atomic E-state index is 13.0. The summed E-state index contributed by atoms with van der Waals surface area (Å²) in [6.07, 6.45) is 3.19. The average Bonchev–Trinajstić information content (AvgIpc) is 2.72. The summed E-state index contributed by atoms with van der Waals surface area (Å²) in [7, 11) is 0. The molecular formula is C22H33N5O4. The van der Waals surface area contributed by atoms with Crippen LogP contribution in [-0.4, -0.2) is 77.9 Å². The molecule has 2 aliphatic heterocycles. The molecule has 3 rings (SSSR count). The van der Waals surface area contributed by atoms with E-state index in [9.17, 15) is 19.7 Å². The van der Waals surface area contributed by atoms with Crippen LogP contribution in [0.15, 0.2) is 18.2 Å². The quantitative estimate of drug-likeness (QED) is 0.567. The van der Waals surface area contributed by atoms with Gasteiger partial charge in [-0.25, -0.2) is 0 Å². The summed E-state index contributed by atoms with van der Waals surface area (Å²) < 4.78 is 0. The van der Waals surface area contributed by atoms with Crippen LogP contribution in [0.1, 0.15) is 50.4 Å². The molecule has 0 atom stereocenters. The average molecular weight is 432 g/mol. The summed E-state index contributed by atoms with van der Waals surface area (Å²) >= 11 is 0. The van der Waals surface area contributed by atoms with Crippen molar-refractivity contribution in [2.45, 2.75) is 45.6 Å². The molecule has 9 nitrogen and oxygen atoms in total. The summed E-state index contributed by atoms with van der Waals surface area (Å²) in [4.78, 5) is 42.1. The summed E-state index contributed by atoms with van der Waals surface area (Å²) in [5, 5.41) is 14.6. The zero-order valence-electron chi connectivity index (χ0n) is 18.7. The molecule has 0 radical (unpaired) electrons. The van der Waals surface area contributed by atoms with Crippen LogP contribution >= 0.6 is 0 Å². The number of anilines is 1. The molecule has 2 fully saturated rings. The largest absolute Gasteiger partial charge is 0.366 e. The highest BCUT2D eigenvalue weighted by Gasteiger charge is 2.27. The number of carbonyl (C=O) groups excluding carboxylic acids is 2. The monoisotopic (exact) mass is 431 g/mol. The van der Waals surface area contributed by atoms with Crippen molar-refractivity contribution >= 4 is 23.2 Å². The Morgan fingerprint density at radius 2 is 1.68 bits per heavy atom. The lowest BCUT2D eigenvalue weighted by Gasteiger charge is -2.35. The molecule has 0 aliphatic carbocycles. The molecule has 0 aromatic heterocycles. The minimum Gasteiger partial charge on any atom is -0.366 e. The fourth-order valence-electron chi connectivity index (χ4n) is 4.16. The van der Waals surface area contributed by atoms with E-state index in [1.54, 1.807) is 17.0 Å². The minimum absolute atomic E-state index is 0.00904. The van der Waals surface area contributed by atoms with Crippen molar-refractivity contribution < 1.29 is 14.5 Å². The highest BCUT2D eigenvalue weighted by Crippen LogP contribution is 2.31. The van der Waals surface area contributed by atoms with Crippen molar-refractivity contribution in [1.82, 2.24) is 15.1 Å². The number of piperazine rings is 1. The summed E-state index contributed by atoms with van der Waals surface area (Å²) in [5.41, 5.74) is 0.650. The van der Waals surface area contributed by atoms with E-state index >= 15 is 0 Å². The van der Waals surface area contributed by atoms with Gasteiger partial charge in [0.2, 0.25) is 5.91 Å². The Hall–Kier alpha value is -2.68. The van der Waals surface area contributed by atoms with Crippen LogP contribution in [0, 0.1) is 10.1 Å². The third kappa shape index (κ3) is 6.16. The molecule has 0 unspecified atom stereocenters. The molecule has 1 N–H and O–H groups in total. The van der Waals surface area contributed by atoms with Gasteiger partial charge < -0.3 is 15.1 Å². The number of carbonyl (C=O) groups is 2. The predicted molar refractivity (Wildman–Crippen MR) is 119 cm³/mol. The Labute approximate surface area is 183 Å². The van der Waals surface area contributed by atoms with Crippen LogP contribution in [-0.2, 0) is 4.79 Å². The van der Waals surface area contributed by atoms with Crippen LogP contribution < -0.4 is 10.2 Å². The number of piperidine rings is 1. The third-order valence-corrected chi connectivity index (χ3v) is 5.66. The van der Waals surface area contributed by atoms with Crippen molar-refractivity contribution in [1.29, 1.82) is 0 Å². The number of amides is 2. The maximum Gasteiger partial charge on any atom is 0.293 e. The number of benzene rings is 1. The van der Waals surface area contributed by atoms with E-state index in [4.69, 9.17) is 0 Å². The molecule has 2 aliphatic rings.